The summed E-state index contributed by atoms with van der Waals surface area (Å²) in [6, 6.07) is 29.4. The molecule has 4 nitrogen and oxygen atoms in total. The summed E-state index contributed by atoms with van der Waals surface area (Å²) in [6.07, 6.45) is -0.440. The normalized spacial score (nSPS) is 18.9. The molecule has 0 saturated carbocycles. The van der Waals surface area contributed by atoms with Gasteiger partial charge in [0.15, 0.2) is 0 Å². The van der Waals surface area contributed by atoms with Crippen molar-refractivity contribution < 1.29 is 9.59 Å². The molecule has 1 saturated heterocycles. The highest BCUT2D eigenvalue weighted by atomic mass is 31.1. The topological polar surface area (TPSA) is 40.6 Å². The molecule has 0 aromatic heterocycles. The highest BCUT2D eigenvalue weighted by Gasteiger charge is 2.47. The molecule has 0 spiro atoms. The summed E-state index contributed by atoms with van der Waals surface area (Å²) in [5, 5.41) is 3.65. The molecule has 1 aliphatic heterocycles. The van der Waals surface area contributed by atoms with Gasteiger partial charge in [0.2, 0.25) is 11.8 Å². The van der Waals surface area contributed by atoms with E-state index < -0.39 is 20.0 Å². The van der Waals surface area contributed by atoms with Gasteiger partial charge in [0.25, 0.3) is 0 Å². The van der Waals surface area contributed by atoms with E-state index in [4.69, 9.17) is 0 Å². The van der Waals surface area contributed by atoms with Crippen molar-refractivity contribution in [3.63, 3.8) is 0 Å². The first-order valence-corrected chi connectivity index (χ1v) is 13.3. The van der Waals surface area contributed by atoms with Crippen LogP contribution < -0.4 is 15.9 Å². The van der Waals surface area contributed by atoms with E-state index in [1.165, 1.54) is 15.9 Å². The molecule has 4 rings (SSSR count). The van der Waals surface area contributed by atoms with E-state index in [9.17, 15) is 9.59 Å². The van der Waals surface area contributed by atoms with Gasteiger partial charge in [-0.05, 0) is 58.5 Å². The van der Waals surface area contributed by atoms with Crippen LogP contribution in [0.1, 0.15) is 46.3 Å². The van der Waals surface area contributed by atoms with Gasteiger partial charge in [-0.15, -0.1) is 0 Å². The zero-order chi connectivity index (χ0) is 24.4. The molecule has 0 radical (unpaired) electrons. The van der Waals surface area contributed by atoms with E-state index in [-0.39, 0.29) is 23.9 Å². The molecule has 1 heterocycles. The van der Waals surface area contributed by atoms with Gasteiger partial charge in [-0.1, -0.05) is 84.9 Å². The zero-order valence-corrected chi connectivity index (χ0v) is 21.4. The number of hydrogen-bond donors (Lipinski definition) is 0. The van der Waals surface area contributed by atoms with Crippen LogP contribution in [0.15, 0.2) is 84.9 Å². The third kappa shape index (κ3) is 4.40. The van der Waals surface area contributed by atoms with Gasteiger partial charge in [-0.3, -0.25) is 9.59 Å². The maximum Gasteiger partial charge on any atom is 0.237 e. The molecule has 0 aliphatic carbocycles. The SMILES string of the molecule is CC1C(=O)N(C(C)C)C(c2ccccc2P(c2ccccc2)c2ccccc2)N(C(C)C)C1=O. The van der Waals surface area contributed by atoms with E-state index in [2.05, 4.69) is 66.7 Å². The highest BCUT2D eigenvalue weighted by molar-refractivity contribution is 7.79. The number of rotatable bonds is 6. The van der Waals surface area contributed by atoms with Crippen molar-refractivity contribution in [1.29, 1.82) is 0 Å². The first kappa shape index (κ1) is 24.2. The van der Waals surface area contributed by atoms with Crippen LogP contribution in [0.25, 0.3) is 0 Å². The van der Waals surface area contributed by atoms with Gasteiger partial charge < -0.3 is 9.80 Å². The van der Waals surface area contributed by atoms with Crippen molar-refractivity contribution in [2.75, 3.05) is 0 Å². The van der Waals surface area contributed by atoms with Crippen LogP contribution in [0, 0.1) is 5.92 Å². The van der Waals surface area contributed by atoms with Crippen LogP contribution in [0.5, 0.6) is 0 Å². The summed E-state index contributed by atoms with van der Waals surface area (Å²) in [7, 11) is -0.884. The van der Waals surface area contributed by atoms with E-state index >= 15 is 0 Å². The molecule has 0 unspecified atom stereocenters. The summed E-state index contributed by atoms with van der Waals surface area (Å²) in [5.74, 6) is -0.862. The second-order valence-corrected chi connectivity index (χ2v) is 11.5. The number of benzene rings is 3. The van der Waals surface area contributed by atoms with E-state index in [1.54, 1.807) is 6.92 Å². The van der Waals surface area contributed by atoms with Crippen LogP contribution in [0.4, 0.5) is 0 Å². The Kier molecular flexibility index (Phi) is 7.19. The summed E-state index contributed by atoms with van der Waals surface area (Å²) in [5.41, 5.74) is 1.03. The Hall–Kier alpha value is -2.97. The predicted octanol–water partition coefficient (Wildman–Crippen LogP) is 4.57. The lowest BCUT2D eigenvalue weighted by molar-refractivity contribution is -0.170. The van der Waals surface area contributed by atoms with Crippen molar-refractivity contribution in [2.24, 2.45) is 5.92 Å². The van der Waals surface area contributed by atoms with Gasteiger partial charge in [-0.2, -0.15) is 0 Å². The Morgan fingerprint density at radius 2 is 1.06 bits per heavy atom. The van der Waals surface area contributed by atoms with Crippen molar-refractivity contribution in [3.8, 4) is 0 Å². The number of nitrogens with zero attached hydrogens (tertiary/aromatic N) is 2. The lowest BCUT2D eigenvalue weighted by Crippen LogP contribution is -2.61. The molecule has 2 amide bonds. The van der Waals surface area contributed by atoms with Gasteiger partial charge in [0.1, 0.15) is 12.1 Å². The molecule has 0 bridgehead atoms. The number of carbonyl (C=O) groups is 2. The lowest BCUT2D eigenvalue weighted by atomic mass is 9.96. The molecular weight excluding hydrogens is 439 g/mol. The molecule has 176 valence electrons. The fraction of sp³-hybridized carbons (Fsp3) is 0.310. The Morgan fingerprint density at radius 1 is 0.647 bits per heavy atom. The Morgan fingerprint density at radius 3 is 1.50 bits per heavy atom. The quantitative estimate of drug-likeness (QED) is 0.390. The van der Waals surface area contributed by atoms with Crippen molar-refractivity contribution in [2.45, 2.75) is 52.9 Å². The minimum Gasteiger partial charge on any atom is -0.315 e. The van der Waals surface area contributed by atoms with Crippen molar-refractivity contribution in [1.82, 2.24) is 9.80 Å². The first-order valence-electron chi connectivity index (χ1n) is 12.0. The average Bonchev–Trinajstić information content (AvgIpc) is 2.84. The van der Waals surface area contributed by atoms with Crippen LogP contribution >= 0.6 is 7.92 Å². The number of carbonyl (C=O) groups excluding carboxylic acids is 2. The number of amides is 2. The van der Waals surface area contributed by atoms with E-state index in [0.29, 0.717) is 0 Å². The lowest BCUT2D eigenvalue weighted by Gasteiger charge is -2.50. The standard InChI is InChI=1S/C29H33N2O2P/c1-20(2)30-27(31(21(3)4)29(33)22(5)28(30)32)25-18-12-13-19-26(25)34(23-14-8-6-9-15-23)24-16-10-7-11-17-24/h6-22,27H,1-5H3. The van der Waals surface area contributed by atoms with Gasteiger partial charge in [0.05, 0.1) is 0 Å². The monoisotopic (exact) mass is 472 g/mol. The maximum absolute atomic E-state index is 13.4. The molecule has 3 aromatic rings. The highest BCUT2D eigenvalue weighted by Crippen LogP contribution is 2.41. The average molecular weight is 473 g/mol. The Labute approximate surface area is 204 Å². The van der Waals surface area contributed by atoms with E-state index in [0.717, 1.165) is 5.56 Å². The molecule has 1 fully saturated rings. The summed E-state index contributed by atoms with van der Waals surface area (Å²) >= 11 is 0. The first-order chi connectivity index (χ1) is 16.3. The second-order valence-electron chi connectivity index (χ2n) is 9.34. The minimum atomic E-state index is -0.884. The van der Waals surface area contributed by atoms with Gasteiger partial charge in [-0.25, -0.2) is 0 Å². The molecule has 5 heteroatoms. The van der Waals surface area contributed by atoms with Crippen molar-refractivity contribution in [3.05, 3.63) is 90.5 Å². The Balaban J connectivity index is 1.97. The molecular formula is C29H33N2O2P. The molecule has 1 aliphatic rings. The second kappa shape index (κ2) is 10.1. The van der Waals surface area contributed by atoms with Crippen LogP contribution in [0.3, 0.4) is 0 Å². The largest absolute Gasteiger partial charge is 0.315 e. The van der Waals surface area contributed by atoms with Crippen LogP contribution in [0.2, 0.25) is 0 Å². The molecule has 0 atom stereocenters. The Bertz CT molecular complexity index is 1080. The van der Waals surface area contributed by atoms with Gasteiger partial charge >= 0.3 is 0 Å². The summed E-state index contributed by atoms with van der Waals surface area (Å²) in [4.78, 5) is 30.7. The fourth-order valence-electron chi connectivity index (χ4n) is 4.79. The van der Waals surface area contributed by atoms with Crippen LogP contribution in [-0.4, -0.2) is 33.7 Å². The zero-order valence-electron chi connectivity index (χ0n) is 20.6. The van der Waals surface area contributed by atoms with Gasteiger partial charge in [0, 0.05) is 17.6 Å². The van der Waals surface area contributed by atoms with Crippen LogP contribution in [-0.2, 0) is 9.59 Å². The predicted molar refractivity (Wildman–Crippen MR) is 141 cm³/mol. The fourth-order valence-corrected chi connectivity index (χ4v) is 7.27. The third-order valence-electron chi connectivity index (χ3n) is 6.37. The molecule has 34 heavy (non-hydrogen) atoms. The minimum absolute atomic E-state index is 0.0398. The summed E-state index contributed by atoms with van der Waals surface area (Å²) in [6.45, 7) is 9.87. The van der Waals surface area contributed by atoms with Crippen molar-refractivity contribution >= 4 is 35.6 Å². The smallest absolute Gasteiger partial charge is 0.237 e. The number of hydrogen-bond acceptors (Lipinski definition) is 2. The van der Waals surface area contributed by atoms with E-state index in [1.807, 2.05) is 55.7 Å². The summed E-state index contributed by atoms with van der Waals surface area (Å²) < 4.78 is 0. The molecule has 0 N–H and O–H groups in total. The molecule has 3 aromatic carbocycles. The third-order valence-corrected chi connectivity index (χ3v) is 8.89. The maximum atomic E-state index is 13.4.